The van der Waals surface area contributed by atoms with Crippen LogP contribution in [0.25, 0.3) is 6.08 Å². The van der Waals surface area contributed by atoms with Crippen LogP contribution in [0.15, 0.2) is 36.7 Å². The maximum Gasteiger partial charge on any atom is 0.248 e. The van der Waals surface area contributed by atoms with Crippen LogP contribution < -0.4 is 10.1 Å². The highest BCUT2D eigenvalue weighted by molar-refractivity contribution is 6.01. The van der Waals surface area contributed by atoms with E-state index >= 15 is 0 Å². The summed E-state index contributed by atoms with van der Waals surface area (Å²) < 4.78 is 5.44. The van der Waals surface area contributed by atoms with E-state index in [0.717, 1.165) is 24.3 Å². The van der Waals surface area contributed by atoms with Crippen molar-refractivity contribution in [2.45, 2.75) is 6.42 Å². The van der Waals surface area contributed by atoms with Gasteiger partial charge in [0, 0.05) is 18.7 Å². The normalized spacial score (nSPS) is 13.3. The van der Waals surface area contributed by atoms with Crippen LogP contribution in [0, 0.1) is 0 Å². The highest BCUT2D eigenvalue weighted by Crippen LogP contribution is 2.26. The van der Waals surface area contributed by atoms with Gasteiger partial charge in [-0.1, -0.05) is 6.07 Å². The molecule has 5 nitrogen and oxygen atoms in total. The van der Waals surface area contributed by atoms with Crippen molar-refractivity contribution in [3.8, 4) is 5.75 Å². The predicted octanol–water partition coefficient (Wildman–Crippen LogP) is 2.00. The van der Waals surface area contributed by atoms with Gasteiger partial charge in [-0.3, -0.25) is 9.89 Å². The third-order valence-corrected chi connectivity index (χ3v) is 2.91. The molecule has 0 radical (unpaired) electrons. The lowest BCUT2D eigenvalue weighted by atomic mass is 10.1. The molecule has 1 amide bonds. The van der Waals surface area contributed by atoms with Crippen molar-refractivity contribution in [2.24, 2.45) is 0 Å². The predicted molar refractivity (Wildman–Crippen MR) is 71.9 cm³/mol. The number of aromatic amines is 1. The van der Waals surface area contributed by atoms with Gasteiger partial charge in [0.1, 0.15) is 5.75 Å². The molecule has 0 bridgehead atoms. The van der Waals surface area contributed by atoms with Crippen LogP contribution in [0.4, 0.5) is 5.69 Å². The Hall–Kier alpha value is -2.56. The Morgan fingerprint density at radius 3 is 3.26 bits per heavy atom. The molecule has 96 valence electrons. The number of benzene rings is 1. The summed E-state index contributed by atoms with van der Waals surface area (Å²) in [4.78, 5) is 11.7. The molecule has 0 spiro atoms. The zero-order chi connectivity index (χ0) is 13.1. The smallest absolute Gasteiger partial charge is 0.248 e. The van der Waals surface area contributed by atoms with Crippen LogP contribution in [0.5, 0.6) is 5.75 Å². The first kappa shape index (κ1) is 11.5. The van der Waals surface area contributed by atoms with Gasteiger partial charge < -0.3 is 10.1 Å². The molecule has 0 fully saturated rings. The number of nitrogens with zero attached hydrogens (tertiary/aromatic N) is 1. The molecule has 3 rings (SSSR count). The van der Waals surface area contributed by atoms with E-state index in [4.69, 9.17) is 4.74 Å². The molecule has 1 aromatic heterocycles. The number of fused-ring (bicyclic) bond motifs is 1. The maximum absolute atomic E-state index is 11.7. The summed E-state index contributed by atoms with van der Waals surface area (Å²) in [6.07, 6.45) is 7.40. The van der Waals surface area contributed by atoms with Gasteiger partial charge in [0.15, 0.2) is 0 Å². The van der Waals surface area contributed by atoms with E-state index in [9.17, 15) is 4.79 Å². The van der Waals surface area contributed by atoms with Gasteiger partial charge in [-0.15, -0.1) is 0 Å². The number of aromatic nitrogens is 2. The summed E-state index contributed by atoms with van der Waals surface area (Å²) in [5, 5.41) is 9.09. The first-order valence-corrected chi connectivity index (χ1v) is 6.05. The summed E-state index contributed by atoms with van der Waals surface area (Å²) in [5.41, 5.74) is 2.83. The SMILES string of the molecule is O=C(C=Cc1ccc2c(c1)CCO2)Nc1cn[nH]c1. The quantitative estimate of drug-likeness (QED) is 0.824. The van der Waals surface area contributed by atoms with E-state index in [0.29, 0.717) is 5.69 Å². The molecular weight excluding hydrogens is 242 g/mol. The average Bonchev–Trinajstić information content (AvgIpc) is 3.06. The number of carbonyl (C=O) groups is 1. The van der Waals surface area contributed by atoms with Crippen molar-refractivity contribution in [1.29, 1.82) is 0 Å². The van der Waals surface area contributed by atoms with Crippen molar-refractivity contribution in [3.63, 3.8) is 0 Å². The van der Waals surface area contributed by atoms with Gasteiger partial charge in [-0.05, 0) is 29.3 Å². The number of hydrogen-bond donors (Lipinski definition) is 2. The minimum atomic E-state index is -0.182. The van der Waals surface area contributed by atoms with Gasteiger partial charge in [0.2, 0.25) is 5.91 Å². The average molecular weight is 255 g/mol. The van der Waals surface area contributed by atoms with Gasteiger partial charge in [-0.2, -0.15) is 5.10 Å². The highest BCUT2D eigenvalue weighted by atomic mass is 16.5. The standard InChI is InChI=1S/C14H13N3O2/c18-14(17-12-8-15-16-9-12)4-2-10-1-3-13-11(7-10)5-6-19-13/h1-4,7-9H,5-6H2,(H,15,16)(H,17,18). The Labute approximate surface area is 110 Å². The van der Waals surface area contributed by atoms with E-state index in [1.54, 1.807) is 18.5 Å². The van der Waals surface area contributed by atoms with Crippen molar-refractivity contribution in [3.05, 3.63) is 47.8 Å². The largest absolute Gasteiger partial charge is 0.493 e. The molecule has 0 saturated heterocycles. The van der Waals surface area contributed by atoms with Crippen molar-refractivity contribution < 1.29 is 9.53 Å². The third-order valence-electron chi connectivity index (χ3n) is 2.91. The van der Waals surface area contributed by atoms with Crippen LogP contribution in [0.3, 0.4) is 0 Å². The van der Waals surface area contributed by atoms with E-state index in [2.05, 4.69) is 15.5 Å². The van der Waals surface area contributed by atoms with Crippen molar-refractivity contribution >= 4 is 17.7 Å². The first-order valence-electron chi connectivity index (χ1n) is 6.05. The topological polar surface area (TPSA) is 67.0 Å². The molecule has 0 saturated carbocycles. The van der Waals surface area contributed by atoms with Crippen LogP contribution >= 0.6 is 0 Å². The van der Waals surface area contributed by atoms with Gasteiger partial charge in [0.05, 0.1) is 18.5 Å². The molecule has 0 aliphatic carbocycles. The molecule has 0 unspecified atom stereocenters. The third kappa shape index (κ3) is 2.65. The summed E-state index contributed by atoms with van der Waals surface area (Å²) in [5.74, 6) is 0.762. The van der Waals surface area contributed by atoms with Crippen LogP contribution in [-0.2, 0) is 11.2 Å². The molecule has 5 heteroatoms. The number of ether oxygens (including phenoxy) is 1. The van der Waals surface area contributed by atoms with Gasteiger partial charge in [-0.25, -0.2) is 0 Å². The van der Waals surface area contributed by atoms with E-state index in [-0.39, 0.29) is 5.91 Å². The summed E-state index contributed by atoms with van der Waals surface area (Å²) in [7, 11) is 0. The van der Waals surface area contributed by atoms with E-state index < -0.39 is 0 Å². The fraction of sp³-hybridized carbons (Fsp3) is 0.143. The van der Waals surface area contributed by atoms with Gasteiger partial charge >= 0.3 is 0 Å². The Kier molecular flexibility index (Phi) is 3.02. The highest BCUT2D eigenvalue weighted by Gasteiger charge is 2.11. The molecule has 2 heterocycles. The number of anilines is 1. The second-order valence-corrected chi connectivity index (χ2v) is 4.28. The number of hydrogen-bond acceptors (Lipinski definition) is 3. The van der Waals surface area contributed by atoms with Crippen LogP contribution in [-0.4, -0.2) is 22.7 Å². The van der Waals surface area contributed by atoms with Crippen LogP contribution in [0.1, 0.15) is 11.1 Å². The minimum absolute atomic E-state index is 0.182. The first-order chi connectivity index (χ1) is 9.31. The number of carbonyl (C=O) groups excluding carboxylic acids is 1. The fourth-order valence-corrected chi connectivity index (χ4v) is 1.99. The van der Waals surface area contributed by atoms with Crippen LogP contribution in [0.2, 0.25) is 0 Å². The van der Waals surface area contributed by atoms with Crippen molar-refractivity contribution in [2.75, 3.05) is 11.9 Å². The monoisotopic (exact) mass is 255 g/mol. The summed E-state index contributed by atoms with van der Waals surface area (Å²) in [6.45, 7) is 0.740. The zero-order valence-electron chi connectivity index (χ0n) is 10.2. The molecule has 19 heavy (non-hydrogen) atoms. The van der Waals surface area contributed by atoms with Crippen molar-refractivity contribution in [1.82, 2.24) is 10.2 Å². The second-order valence-electron chi connectivity index (χ2n) is 4.28. The van der Waals surface area contributed by atoms with E-state index in [1.165, 1.54) is 11.6 Å². The fourth-order valence-electron chi connectivity index (χ4n) is 1.99. The molecule has 1 aliphatic rings. The van der Waals surface area contributed by atoms with E-state index in [1.807, 2.05) is 18.2 Å². The number of amides is 1. The summed E-state index contributed by atoms with van der Waals surface area (Å²) in [6, 6.07) is 5.92. The zero-order valence-corrected chi connectivity index (χ0v) is 10.2. The lowest BCUT2D eigenvalue weighted by molar-refractivity contribution is -0.111. The maximum atomic E-state index is 11.7. The second kappa shape index (κ2) is 4.97. The molecule has 2 N–H and O–H groups in total. The Balaban J connectivity index is 1.67. The molecule has 2 aromatic rings. The number of nitrogens with one attached hydrogen (secondary N) is 2. The number of H-pyrrole nitrogens is 1. The Morgan fingerprint density at radius 1 is 1.47 bits per heavy atom. The Bertz CT molecular complexity index is 618. The summed E-state index contributed by atoms with van der Waals surface area (Å²) >= 11 is 0. The van der Waals surface area contributed by atoms with Gasteiger partial charge in [0.25, 0.3) is 0 Å². The number of rotatable bonds is 3. The molecule has 1 aromatic carbocycles. The molecule has 0 atom stereocenters. The lowest BCUT2D eigenvalue weighted by Gasteiger charge is -2.00. The molecular formula is C14H13N3O2. The Morgan fingerprint density at radius 2 is 2.42 bits per heavy atom. The lowest BCUT2D eigenvalue weighted by Crippen LogP contribution is -2.06. The minimum Gasteiger partial charge on any atom is -0.493 e. The molecule has 1 aliphatic heterocycles.